The molecule has 1 aliphatic carbocycles. The van der Waals surface area contributed by atoms with Gasteiger partial charge < -0.3 is 4.74 Å². The smallest absolute Gasteiger partial charge is 0.308 e. The maximum Gasteiger partial charge on any atom is 0.308 e. The Bertz CT molecular complexity index is 380. The Morgan fingerprint density at radius 1 is 1.41 bits per heavy atom. The van der Waals surface area contributed by atoms with Gasteiger partial charge in [-0.25, -0.2) is 0 Å². The lowest BCUT2D eigenvalue weighted by Gasteiger charge is -2.13. The van der Waals surface area contributed by atoms with Crippen LogP contribution >= 0.6 is 0 Å². The van der Waals surface area contributed by atoms with E-state index in [1.165, 1.54) is 12.5 Å². The minimum absolute atomic E-state index is 0.247. The van der Waals surface area contributed by atoms with E-state index in [4.69, 9.17) is 4.74 Å². The second-order valence-electron chi connectivity index (χ2n) is 5.11. The van der Waals surface area contributed by atoms with Crippen molar-refractivity contribution in [2.45, 2.75) is 41.0 Å². The van der Waals surface area contributed by atoms with E-state index in [0.29, 0.717) is 11.8 Å². The fourth-order valence-electron chi connectivity index (χ4n) is 2.04. The third-order valence-electron chi connectivity index (χ3n) is 2.54. The summed E-state index contributed by atoms with van der Waals surface area (Å²) in [6, 6.07) is 0. The Morgan fingerprint density at radius 3 is 2.53 bits per heavy atom. The van der Waals surface area contributed by atoms with E-state index in [-0.39, 0.29) is 5.97 Å². The highest BCUT2D eigenvalue weighted by Crippen LogP contribution is 2.34. The van der Waals surface area contributed by atoms with Crippen LogP contribution in [0, 0.1) is 11.8 Å². The number of rotatable bonds is 3. The Balaban J connectivity index is 2.95. The van der Waals surface area contributed by atoms with E-state index < -0.39 is 0 Å². The van der Waals surface area contributed by atoms with E-state index in [9.17, 15) is 4.79 Å². The molecule has 0 saturated carbocycles. The molecule has 0 aliphatic heterocycles. The van der Waals surface area contributed by atoms with Gasteiger partial charge in [0.2, 0.25) is 0 Å². The van der Waals surface area contributed by atoms with Crippen molar-refractivity contribution in [3.05, 3.63) is 35.1 Å². The molecule has 0 amide bonds. The first-order valence-corrected chi connectivity index (χ1v) is 6.15. The van der Waals surface area contributed by atoms with Crippen LogP contribution in [0.1, 0.15) is 41.0 Å². The Morgan fingerprint density at radius 2 is 2.06 bits per heavy atom. The maximum absolute atomic E-state index is 11.1. The first-order valence-electron chi connectivity index (χ1n) is 6.15. The van der Waals surface area contributed by atoms with Gasteiger partial charge in [-0.3, -0.25) is 4.79 Å². The van der Waals surface area contributed by atoms with Crippen LogP contribution in [-0.2, 0) is 9.53 Å². The molecule has 0 N–H and O–H groups in total. The molecule has 1 unspecified atom stereocenters. The summed E-state index contributed by atoms with van der Waals surface area (Å²) in [4.78, 5) is 11.1. The van der Waals surface area contributed by atoms with Crippen LogP contribution in [0.4, 0.5) is 0 Å². The number of hydrogen-bond acceptors (Lipinski definition) is 2. The molecule has 0 aromatic heterocycles. The second kappa shape index (κ2) is 5.85. The SMILES string of the molecule is CC(=O)OC1=CCC(C=C(C)C)/C1=C\C(C)C. The van der Waals surface area contributed by atoms with E-state index >= 15 is 0 Å². The summed E-state index contributed by atoms with van der Waals surface area (Å²) in [5.41, 5.74) is 2.44. The normalized spacial score (nSPS) is 21.6. The number of allylic oxidation sites excluding steroid dienone is 5. The zero-order valence-corrected chi connectivity index (χ0v) is 11.4. The molecule has 1 aliphatic rings. The van der Waals surface area contributed by atoms with Gasteiger partial charge in [0.05, 0.1) is 0 Å². The first-order chi connectivity index (χ1) is 7.90. The van der Waals surface area contributed by atoms with Crippen LogP contribution < -0.4 is 0 Å². The highest BCUT2D eigenvalue weighted by molar-refractivity contribution is 5.68. The summed E-state index contributed by atoms with van der Waals surface area (Å²) in [6.45, 7) is 9.91. The van der Waals surface area contributed by atoms with E-state index in [1.54, 1.807) is 0 Å². The van der Waals surface area contributed by atoms with Crippen molar-refractivity contribution in [1.29, 1.82) is 0 Å². The van der Waals surface area contributed by atoms with Gasteiger partial charge in [-0.2, -0.15) is 0 Å². The monoisotopic (exact) mass is 234 g/mol. The molecule has 2 heteroatoms. The maximum atomic E-state index is 11.1. The molecule has 0 heterocycles. The lowest BCUT2D eigenvalue weighted by molar-refractivity contribution is -0.136. The molecule has 94 valence electrons. The van der Waals surface area contributed by atoms with Crippen molar-refractivity contribution in [3.63, 3.8) is 0 Å². The highest BCUT2D eigenvalue weighted by atomic mass is 16.5. The summed E-state index contributed by atoms with van der Waals surface area (Å²) >= 11 is 0. The number of esters is 1. The molecule has 0 aromatic carbocycles. The van der Waals surface area contributed by atoms with Crippen LogP contribution in [0.15, 0.2) is 35.1 Å². The summed E-state index contributed by atoms with van der Waals surface area (Å²) in [7, 11) is 0. The number of ether oxygens (including phenoxy) is 1. The molecule has 2 nitrogen and oxygen atoms in total. The first kappa shape index (κ1) is 13.8. The van der Waals surface area contributed by atoms with Crippen LogP contribution in [0.3, 0.4) is 0 Å². The van der Waals surface area contributed by atoms with Gasteiger partial charge in [-0.15, -0.1) is 0 Å². The average molecular weight is 234 g/mol. The fraction of sp³-hybridized carbons (Fsp3) is 0.533. The molecule has 0 spiro atoms. The summed E-state index contributed by atoms with van der Waals surface area (Å²) < 4.78 is 5.26. The molecular formula is C15H22O2. The topological polar surface area (TPSA) is 26.3 Å². The van der Waals surface area contributed by atoms with Crippen molar-refractivity contribution in [3.8, 4) is 0 Å². The molecule has 0 bridgehead atoms. The van der Waals surface area contributed by atoms with Crippen LogP contribution in [0.5, 0.6) is 0 Å². The average Bonchev–Trinajstić information content (AvgIpc) is 2.47. The van der Waals surface area contributed by atoms with Crippen molar-refractivity contribution in [2.75, 3.05) is 0 Å². The minimum Gasteiger partial charge on any atom is -0.427 e. The number of carbonyl (C=O) groups is 1. The quantitative estimate of drug-likeness (QED) is 0.545. The number of carbonyl (C=O) groups excluding carboxylic acids is 1. The third-order valence-corrected chi connectivity index (χ3v) is 2.54. The van der Waals surface area contributed by atoms with Gasteiger partial charge in [0.25, 0.3) is 0 Å². The predicted octanol–water partition coefficient (Wildman–Crippen LogP) is 4.00. The van der Waals surface area contributed by atoms with Gasteiger partial charge in [0.1, 0.15) is 5.76 Å². The van der Waals surface area contributed by atoms with Crippen molar-refractivity contribution < 1.29 is 9.53 Å². The Hall–Kier alpha value is -1.31. The molecule has 17 heavy (non-hydrogen) atoms. The zero-order valence-electron chi connectivity index (χ0n) is 11.4. The van der Waals surface area contributed by atoms with E-state index in [1.807, 2.05) is 6.08 Å². The van der Waals surface area contributed by atoms with Gasteiger partial charge in [0, 0.05) is 12.8 Å². The highest BCUT2D eigenvalue weighted by Gasteiger charge is 2.24. The molecular weight excluding hydrogens is 212 g/mol. The lowest BCUT2D eigenvalue weighted by Crippen LogP contribution is -2.04. The lowest BCUT2D eigenvalue weighted by atomic mass is 9.96. The molecule has 0 fully saturated rings. The van der Waals surface area contributed by atoms with Crippen molar-refractivity contribution in [2.24, 2.45) is 11.8 Å². The second-order valence-corrected chi connectivity index (χ2v) is 5.11. The molecule has 0 radical (unpaired) electrons. The Labute approximate surface area is 104 Å². The van der Waals surface area contributed by atoms with Crippen LogP contribution in [-0.4, -0.2) is 5.97 Å². The molecule has 1 atom stereocenters. The Kier molecular flexibility index (Phi) is 4.73. The van der Waals surface area contributed by atoms with Gasteiger partial charge >= 0.3 is 5.97 Å². The number of hydrogen-bond donors (Lipinski definition) is 0. The third kappa shape index (κ3) is 4.22. The standard InChI is InChI=1S/C15H22O2/c1-10(2)8-13-6-7-15(17-12(5)16)14(13)9-11(3)4/h7-9,11,13H,6H2,1-5H3/b14-9+. The largest absolute Gasteiger partial charge is 0.427 e. The molecule has 1 rings (SSSR count). The summed E-state index contributed by atoms with van der Waals surface area (Å²) in [5.74, 6) is 1.31. The summed E-state index contributed by atoms with van der Waals surface area (Å²) in [6.07, 6.45) is 7.36. The van der Waals surface area contributed by atoms with Gasteiger partial charge in [-0.1, -0.05) is 31.6 Å². The fourth-order valence-corrected chi connectivity index (χ4v) is 2.04. The minimum atomic E-state index is -0.247. The van der Waals surface area contributed by atoms with E-state index in [2.05, 4.69) is 39.8 Å². The van der Waals surface area contributed by atoms with Gasteiger partial charge in [0.15, 0.2) is 0 Å². The summed E-state index contributed by atoms with van der Waals surface area (Å²) in [5, 5.41) is 0. The zero-order chi connectivity index (χ0) is 13.0. The van der Waals surface area contributed by atoms with Crippen molar-refractivity contribution >= 4 is 5.97 Å². The van der Waals surface area contributed by atoms with E-state index in [0.717, 1.165) is 17.8 Å². The van der Waals surface area contributed by atoms with Crippen molar-refractivity contribution in [1.82, 2.24) is 0 Å². The van der Waals surface area contributed by atoms with Gasteiger partial charge in [-0.05, 0) is 37.8 Å². The predicted molar refractivity (Wildman–Crippen MR) is 70.3 cm³/mol. The molecule has 0 aromatic rings. The van der Waals surface area contributed by atoms with Crippen LogP contribution in [0.25, 0.3) is 0 Å². The van der Waals surface area contributed by atoms with Crippen LogP contribution in [0.2, 0.25) is 0 Å². The molecule has 0 saturated heterocycles.